The van der Waals surface area contributed by atoms with E-state index in [1.165, 1.54) is 0 Å². The first-order valence-corrected chi connectivity index (χ1v) is 7.44. The Kier molecular flexibility index (Phi) is 3.92. The SMILES string of the molecule is NC1CCCc2nc(Cc3c(Cl)cccc3Cl)ncc21. The van der Waals surface area contributed by atoms with Crippen LogP contribution in [0.3, 0.4) is 0 Å². The van der Waals surface area contributed by atoms with E-state index in [-0.39, 0.29) is 6.04 Å². The first-order valence-electron chi connectivity index (χ1n) is 6.68. The van der Waals surface area contributed by atoms with Gasteiger partial charge in [-0.3, -0.25) is 0 Å². The van der Waals surface area contributed by atoms with E-state index >= 15 is 0 Å². The minimum absolute atomic E-state index is 0.0664. The Labute approximate surface area is 128 Å². The number of aromatic nitrogens is 2. The molecule has 2 aromatic rings. The molecule has 20 heavy (non-hydrogen) atoms. The minimum Gasteiger partial charge on any atom is -0.324 e. The highest BCUT2D eigenvalue weighted by Gasteiger charge is 2.19. The molecular weight excluding hydrogens is 293 g/mol. The van der Waals surface area contributed by atoms with Gasteiger partial charge >= 0.3 is 0 Å². The van der Waals surface area contributed by atoms with Gasteiger partial charge in [0.15, 0.2) is 0 Å². The molecule has 0 saturated carbocycles. The molecule has 1 aliphatic carbocycles. The topological polar surface area (TPSA) is 51.8 Å². The number of halogens is 2. The third kappa shape index (κ3) is 2.66. The largest absolute Gasteiger partial charge is 0.324 e. The van der Waals surface area contributed by atoms with Crippen LogP contribution >= 0.6 is 23.2 Å². The molecule has 0 amide bonds. The van der Waals surface area contributed by atoms with Crippen molar-refractivity contribution in [3.8, 4) is 0 Å². The van der Waals surface area contributed by atoms with E-state index in [1.54, 1.807) is 0 Å². The van der Waals surface area contributed by atoms with Gasteiger partial charge in [-0.05, 0) is 37.0 Å². The summed E-state index contributed by atoms with van der Waals surface area (Å²) in [5.41, 5.74) is 9.09. The molecule has 0 bridgehead atoms. The van der Waals surface area contributed by atoms with E-state index in [0.29, 0.717) is 16.5 Å². The zero-order chi connectivity index (χ0) is 14.1. The standard InChI is InChI=1S/C15H15Cl2N3/c16-11-3-1-4-12(17)9(11)7-15-19-8-10-13(18)5-2-6-14(10)20-15/h1,3-4,8,13H,2,5-7,18H2. The van der Waals surface area contributed by atoms with Crippen LogP contribution in [0.1, 0.15) is 41.5 Å². The third-order valence-electron chi connectivity index (χ3n) is 3.67. The van der Waals surface area contributed by atoms with Crippen molar-refractivity contribution < 1.29 is 0 Å². The zero-order valence-corrected chi connectivity index (χ0v) is 12.5. The smallest absolute Gasteiger partial charge is 0.133 e. The van der Waals surface area contributed by atoms with Crippen LogP contribution in [0.15, 0.2) is 24.4 Å². The van der Waals surface area contributed by atoms with E-state index in [2.05, 4.69) is 9.97 Å². The maximum Gasteiger partial charge on any atom is 0.133 e. The molecule has 1 atom stereocenters. The molecule has 0 saturated heterocycles. The summed E-state index contributed by atoms with van der Waals surface area (Å²) >= 11 is 12.4. The van der Waals surface area contributed by atoms with Crippen LogP contribution in [0, 0.1) is 0 Å². The molecule has 2 N–H and O–H groups in total. The lowest BCUT2D eigenvalue weighted by Crippen LogP contribution is -2.19. The minimum atomic E-state index is 0.0664. The van der Waals surface area contributed by atoms with Gasteiger partial charge < -0.3 is 5.73 Å². The van der Waals surface area contributed by atoms with Crippen LogP contribution in [0.2, 0.25) is 10.0 Å². The quantitative estimate of drug-likeness (QED) is 0.920. The van der Waals surface area contributed by atoms with Gasteiger partial charge in [-0.1, -0.05) is 29.3 Å². The van der Waals surface area contributed by atoms with E-state index in [9.17, 15) is 0 Å². The van der Waals surface area contributed by atoms with Crippen molar-refractivity contribution in [3.05, 3.63) is 57.1 Å². The summed E-state index contributed by atoms with van der Waals surface area (Å²) < 4.78 is 0. The third-order valence-corrected chi connectivity index (χ3v) is 4.38. The Bertz CT molecular complexity index is 623. The van der Waals surface area contributed by atoms with Crippen molar-refractivity contribution in [3.63, 3.8) is 0 Å². The summed E-state index contributed by atoms with van der Waals surface area (Å²) in [5.74, 6) is 0.743. The highest BCUT2D eigenvalue weighted by Crippen LogP contribution is 2.28. The van der Waals surface area contributed by atoms with E-state index in [0.717, 1.165) is 41.9 Å². The predicted molar refractivity (Wildman–Crippen MR) is 81.2 cm³/mol. The van der Waals surface area contributed by atoms with Crippen LogP contribution in [-0.2, 0) is 12.8 Å². The Balaban J connectivity index is 1.92. The zero-order valence-electron chi connectivity index (χ0n) is 10.9. The molecule has 0 aliphatic heterocycles. The van der Waals surface area contributed by atoms with Gasteiger partial charge in [-0.15, -0.1) is 0 Å². The van der Waals surface area contributed by atoms with Crippen molar-refractivity contribution in [2.45, 2.75) is 31.7 Å². The monoisotopic (exact) mass is 307 g/mol. The number of nitrogens with zero attached hydrogens (tertiary/aromatic N) is 2. The fourth-order valence-corrected chi connectivity index (χ4v) is 3.10. The number of fused-ring (bicyclic) bond motifs is 1. The average molecular weight is 308 g/mol. The predicted octanol–water partition coefficient (Wildman–Crippen LogP) is 3.71. The molecule has 1 aromatic carbocycles. The van der Waals surface area contributed by atoms with Gasteiger partial charge in [0.2, 0.25) is 0 Å². The maximum atomic E-state index is 6.19. The summed E-state index contributed by atoms with van der Waals surface area (Å²) in [6, 6.07) is 5.56. The fourth-order valence-electron chi connectivity index (χ4n) is 2.57. The lowest BCUT2D eigenvalue weighted by Gasteiger charge is -2.21. The number of hydrogen-bond donors (Lipinski definition) is 1. The second kappa shape index (κ2) is 5.68. The van der Waals surface area contributed by atoms with Gasteiger partial charge in [0, 0.05) is 40.0 Å². The number of rotatable bonds is 2. The van der Waals surface area contributed by atoms with E-state index in [1.807, 2.05) is 24.4 Å². The maximum absolute atomic E-state index is 6.19. The van der Waals surface area contributed by atoms with Crippen molar-refractivity contribution >= 4 is 23.2 Å². The van der Waals surface area contributed by atoms with Gasteiger partial charge in [0.25, 0.3) is 0 Å². The Morgan fingerprint density at radius 2 is 2.00 bits per heavy atom. The fraction of sp³-hybridized carbons (Fsp3) is 0.333. The van der Waals surface area contributed by atoms with Crippen LogP contribution in [0.4, 0.5) is 0 Å². The highest BCUT2D eigenvalue weighted by atomic mass is 35.5. The molecule has 104 valence electrons. The molecule has 0 radical (unpaired) electrons. The lowest BCUT2D eigenvalue weighted by molar-refractivity contribution is 0.553. The van der Waals surface area contributed by atoms with E-state index < -0.39 is 0 Å². The molecule has 0 fully saturated rings. The second-order valence-corrected chi connectivity index (χ2v) is 5.88. The molecule has 1 aliphatic rings. The highest BCUT2D eigenvalue weighted by molar-refractivity contribution is 6.36. The Morgan fingerprint density at radius 3 is 2.75 bits per heavy atom. The Hall–Kier alpha value is -1.16. The van der Waals surface area contributed by atoms with Gasteiger partial charge in [0.05, 0.1) is 0 Å². The molecule has 3 rings (SSSR count). The molecule has 0 spiro atoms. The summed E-state index contributed by atoms with van der Waals surface area (Å²) in [5, 5.41) is 1.30. The van der Waals surface area contributed by atoms with E-state index in [4.69, 9.17) is 28.9 Å². The average Bonchev–Trinajstić information content (AvgIpc) is 2.43. The molecule has 5 heteroatoms. The normalized spacial score (nSPS) is 17.9. The summed E-state index contributed by atoms with van der Waals surface area (Å²) in [6.07, 6.45) is 5.45. The van der Waals surface area contributed by atoms with Crippen molar-refractivity contribution in [1.82, 2.24) is 9.97 Å². The first-order chi connectivity index (χ1) is 9.65. The lowest BCUT2D eigenvalue weighted by atomic mass is 9.93. The number of aryl methyl sites for hydroxylation is 1. The van der Waals surface area contributed by atoms with Gasteiger partial charge in [-0.2, -0.15) is 0 Å². The second-order valence-electron chi connectivity index (χ2n) is 5.06. The van der Waals surface area contributed by atoms with Gasteiger partial charge in [0.1, 0.15) is 5.82 Å². The number of nitrogens with two attached hydrogens (primary N) is 1. The Morgan fingerprint density at radius 1 is 1.25 bits per heavy atom. The molecule has 3 nitrogen and oxygen atoms in total. The van der Waals surface area contributed by atoms with Crippen LogP contribution in [-0.4, -0.2) is 9.97 Å². The van der Waals surface area contributed by atoms with Crippen molar-refractivity contribution in [2.75, 3.05) is 0 Å². The molecular formula is C15H15Cl2N3. The summed E-state index contributed by atoms with van der Waals surface area (Å²) in [6.45, 7) is 0. The van der Waals surface area contributed by atoms with Crippen molar-refractivity contribution in [1.29, 1.82) is 0 Å². The van der Waals surface area contributed by atoms with Gasteiger partial charge in [-0.25, -0.2) is 9.97 Å². The van der Waals surface area contributed by atoms with Crippen LogP contribution < -0.4 is 5.73 Å². The number of hydrogen-bond acceptors (Lipinski definition) is 3. The van der Waals surface area contributed by atoms with Crippen LogP contribution in [0.25, 0.3) is 0 Å². The first kappa shape index (κ1) is 13.8. The molecule has 1 unspecified atom stereocenters. The summed E-state index contributed by atoms with van der Waals surface area (Å²) in [4.78, 5) is 9.04. The van der Waals surface area contributed by atoms with Crippen LogP contribution in [0.5, 0.6) is 0 Å². The number of benzene rings is 1. The molecule has 1 aromatic heterocycles. The summed E-state index contributed by atoms with van der Waals surface area (Å²) in [7, 11) is 0. The molecule has 1 heterocycles. The van der Waals surface area contributed by atoms with Crippen molar-refractivity contribution in [2.24, 2.45) is 5.73 Å².